The van der Waals surface area contributed by atoms with Gasteiger partial charge in [-0.05, 0) is 6.07 Å². The van der Waals surface area contributed by atoms with Crippen LogP contribution in [0.5, 0.6) is 0 Å². The lowest BCUT2D eigenvalue weighted by Gasteiger charge is -2.08. The largest absolute Gasteiger partial charge is 0.748 e. The quantitative estimate of drug-likeness (QED) is 0.783. The SMILES string of the molecule is O=S(=O)([O-])Cc1noc(-c2cnccc2C(F)(F)F)n1. The molecule has 108 valence electrons. The van der Waals surface area contributed by atoms with Gasteiger partial charge in [-0.15, -0.1) is 0 Å². The number of aromatic nitrogens is 3. The third kappa shape index (κ3) is 3.30. The summed E-state index contributed by atoms with van der Waals surface area (Å²) >= 11 is 0. The highest BCUT2D eigenvalue weighted by molar-refractivity contribution is 7.84. The van der Waals surface area contributed by atoms with Gasteiger partial charge in [-0.25, -0.2) is 8.42 Å². The zero-order chi connectivity index (χ0) is 15.0. The van der Waals surface area contributed by atoms with E-state index in [4.69, 9.17) is 0 Å². The van der Waals surface area contributed by atoms with E-state index in [2.05, 4.69) is 19.6 Å². The van der Waals surface area contributed by atoms with Gasteiger partial charge in [0.15, 0.2) is 5.82 Å². The third-order valence-corrected chi connectivity index (χ3v) is 2.74. The van der Waals surface area contributed by atoms with Crippen LogP contribution >= 0.6 is 0 Å². The minimum absolute atomic E-state index is 0.498. The van der Waals surface area contributed by atoms with Crippen molar-refractivity contribution in [1.29, 1.82) is 0 Å². The molecule has 0 unspecified atom stereocenters. The van der Waals surface area contributed by atoms with Crippen molar-refractivity contribution in [2.75, 3.05) is 0 Å². The van der Waals surface area contributed by atoms with Crippen LogP contribution in [0.4, 0.5) is 13.2 Å². The van der Waals surface area contributed by atoms with E-state index in [-0.39, 0.29) is 0 Å². The molecule has 0 saturated carbocycles. The molecule has 11 heteroatoms. The van der Waals surface area contributed by atoms with Gasteiger partial charge in [0.1, 0.15) is 15.9 Å². The van der Waals surface area contributed by atoms with Gasteiger partial charge in [-0.1, -0.05) is 5.16 Å². The van der Waals surface area contributed by atoms with Crippen LogP contribution in [-0.2, 0) is 22.0 Å². The first-order chi connectivity index (χ1) is 9.17. The molecule has 0 fully saturated rings. The molecule has 2 aromatic heterocycles. The Balaban J connectivity index is 2.43. The lowest BCUT2D eigenvalue weighted by molar-refractivity contribution is -0.137. The molecule has 7 nitrogen and oxygen atoms in total. The molecule has 0 spiro atoms. The molecule has 0 radical (unpaired) electrons. The van der Waals surface area contributed by atoms with Gasteiger partial charge in [-0.3, -0.25) is 4.98 Å². The van der Waals surface area contributed by atoms with Gasteiger partial charge in [0, 0.05) is 12.4 Å². The average molecular weight is 308 g/mol. The van der Waals surface area contributed by atoms with E-state index in [1.165, 1.54) is 0 Å². The van der Waals surface area contributed by atoms with Crippen LogP contribution in [0.1, 0.15) is 11.4 Å². The average Bonchev–Trinajstić information content (AvgIpc) is 2.74. The van der Waals surface area contributed by atoms with E-state index in [0.717, 1.165) is 12.4 Å². The van der Waals surface area contributed by atoms with Crippen molar-refractivity contribution in [3.8, 4) is 11.5 Å². The van der Waals surface area contributed by atoms with E-state index in [1.807, 2.05) is 0 Å². The summed E-state index contributed by atoms with van der Waals surface area (Å²) in [6, 6.07) is 0.712. The van der Waals surface area contributed by atoms with Crippen LogP contribution in [0.2, 0.25) is 0 Å². The molecule has 20 heavy (non-hydrogen) atoms. The Kier molecular flexibility index (Phi) is 3.48. The van der Waals surface area contributed by atoms with Crippen LogP contribution in [0, 0.1) is 0 Å². The maximum Gasteiger partial charge on any atom is 0.417 e. The van der Waals surface area contributed by atoms with Crippen LogP contribution in [0.15, 0.2) is 23.0 Å². The second-order valence-electron chi connectivity index (χ2n) is 3.64. The van der Waals surface area contributed by atoms with Crippen molar-refractivity contribution in [2.24, 2.45) is 0 Å². The Morgan fingerprint density at radius 1 is 1.35 bits per heavy atom. The Hall–Kier alpha value is -2.01. The van der Waals surface area contributed by atoms with Crippen molar-refractivity contribution >= 4 is 10.1 Å². The van der Waals surface area contributed by atoms with Gasteiger partial charge in [0.25, 0.3) is 5.89 Å². The minimum Gasteiger partial charge on any atom is -0.748 e. The van der Waals surface area contributed by atoms with Crippen molar-refractivity contribution in [3.05, 3.63) is 29.8 Å². The molecule has 2 heterocycles. The standard InChI is InChI=1S/C9H6F3N3O4S/c10-9(11,12)6-1-2-13-3-5(6)8-14-7(15-19-8)4-20(16,17)18/h1-3H,4H2,(H,16,17,18)/p-1. The number of hydrogen-bond acceptors (Lipinski definition) is 7. The van der Waals surface area contributed by atoms with Gasteiger partial charge >= 0.3 is 6.18 Å². The predicted octanol–water partition coefficient (Wildman–Crippen LogP) is 1.20. The summed E-state index contributed by atoms with van der Waals surface area (Å²) in [5.74, 6) is -2.16. The summed E-state index contributed by atoms with van der Waals surface area (Å²) in [7, 11) is -4.66. The first-order valence-electron chi connectivity index (χ1n) is 4.94. The monoisotopic (exact) mass is 308 g/mol. The number of nitrogens with zero attached hydrogens (tertiary/aromatic N) is 3. The molecule has 2 aromatic rings. The van der Waals surface area contributed by atoms with Crippen molar-refractivity contribution < 1.29 is 30.7 Å². The zero-order valence-electron chi connectivity index (χ0n) is 9.46. The first kappa shape index (κ1) is 14.4. The first-order valence-corrected chi connectivity index (χ1v) is 6.52. The summed E-state index contributed by atoms with van der Waals surface area (Å²) in [5, 5.41) is 3.14. The van der Waals surface area contributed by atoms with Gasteiger partial charge in [-0.2, -0.15) is 18.2 Å². The van der Waals surface area contributed by atoms with Gasteiger partial charge < -0.3 is 9.08 Å². The second-order valence-corrected chi connectivity index (χ2v) is 5.04. The molecular weight excluding hydrogens is 303 g/mol. The van der Waals surface area contributed by atoms with Crippen LogP contribution < -0.4 is 0 Å². The highest BCUT2D eigenvalue weighted by atomic mass is 32.2. The van der Waals surface area contributed by atoms with E-state index >= 15 is 0 Å². The normalized spacial score (nSPS) is 12.6. The van der Waals surface area contributed by atoms with E-state index in [1.54, 1.807) is 0 Å². The summed E-state index contributed by atoms with van der Waals surface area (Å²) in [5.41, 5.74) is -1.56. The number of pyridine rings is 1. The number of rotatable bonds is 3. The summed E-state index contributed by atoms with van der Waals surface area (Å²) in [6.07, 6.45) is -2.88. The Morgan fingerprint density at radius 3 is 2.65 bits per heavy atom. The molecule has 0 aliphatic heterocycles. The lowest BCUT2D eigenvalue weighted by atomic mass is 10.1. The molecule has 0 atom stereocenters. The van der Waals surface area contributed by atoms with Crippen LogP contribution in [0.25, 0.3) is 11.5 Å². The topological polar surface area (TPSA) is 109 Å². The molecule has 0 aliphatic carbocycles. The van der Waals surface area contributed by atoms with Crippen LogP contribution in [-0.4, -0.2) is 28.1 Å². The Morgan fingerprint density at radius 2 is 2.05 bits per heavy atom. The number of alkyl halides is 3. The highest BCUT2D eigenvalue weighted by Crippen LogP contribution is 2.35. The maximum atomic E-state index is 12.7. The van der Waals surface area contributed by atoms with Gasteiger partial charge in [0.05, 0.1) is 11.1 Å². The fourth-order valence-electron chi connectivity index (χ4n) is 1.39. The zero-order valence-corrected chi connectivity index (χ0v) is 10.3. The summed E-state index contributed by atoms with van der Waals surface area (Å²) < 4.78 is 74.3. The molecule has 0 amide bonds. The summed E-state index contributed by atoms with van der Waals surface area (Å²) in [6.45, 7) is 0. The Labute approximate surface area is 110 Å². The molecule has 0 aromatic carbocycles. The lowest BCUT2D eigenvalue weighted by Crippen LogP contribution is -2.07. The van der Waals surface area contributed by atoms with Crippen molar-refractivity contribution in [1.82, 2.24) is 15.1 Å². The minimum atomic E-state index is -4.67. The van der Waals surface area contributed by atoms with E-state index in [0.29, 0.717) is 6.07 Å². The second kappa shape index (κ2) is 4.83. The predicted molar refractivity (Wildman–Crippen MR) is 55.9 cm³/mol. The fraction of sp³-hybridized carbons (Fsp3) is 0.222. The highest BCUT2D eigenvalue weighted by Gasteiger charge is 2.35. The van der Waals surface area contributed by atoms with E-state index in [9.17, 15) is 26.1 Å². The third-order valence-electron chi connectivity index (χ3n) is 2.13. The van der Waals surface area contributed by atoms with Crippen molar-refractivity contribution in [2.45, 2.75) is 11.9 Å². The summed E-state index contributed by atoms with van der Waals surface area (Å²) in [4.78, 5) is 6.95. The number of halogens is 3. The molecular formula is C9H5F3N3O4S-. The maximum absolute atomic E-state index is 12.7. The van der Waals surface area contributed by atoms with Gasteiger partial charge in [0.2, 0.25) is 0 Å². The van der Waals surface area contributed by atoms with Crippen LogP contribution in [0.3, 0.4) is 0 Å². The molecule has 0 aliphatic rings. The molecule has 0 saturated heterocycles. The van der Waals surface area contributed by atoms with Crippen molar-refractivity contribution in [3.63, 3.8) is 0 Å². The number of hydrogen-bond donors (Lipinski definition) is 0. The molecule has 0 bridgehead atoms. The Bertz CT molecular complexity index is 726. The fourth-order valence-corrected chi connectivity index (χ4v) is 1.83. The smallest absolute Gasteiger partial charge is 0.417 e. The van der Waals surface area contributed by atoms with E-state index < -0.39 is 44.9 Å². The molecule has 2 rings (SSSR count). The molecule has 0 N–H and O–H groups in total.